The summed E-state index contributed by atoms with van der Waals surface area (Å²) >= 11 is 0. The minimum Gasteiger partial charge on any atom is -0.378 e. The molecule has 1 N–H and O–H groups in total. The first-order valence-corrected chi connectivity index (χ1v) is 10.7. The third-order valence-electron chi connectivity index (χ3n) is 6.16. The lowest BCUT2D eigenvalue weighted by molar-refractivity contribution is 0.00101. The predicted molar refractivity (Wildman–Crippen MR) is 110 cm³/mol. The van der Waals surface area contributed by atoms with E-state index in [-0.39, 0.29) is 0 Å². The van der Waals surface area contributed by atoms with Crippen LogP contribution in [0.1, 0.15) is 62.4 Å². The van der Waals surface area contributed by atoms with E-state index in [1.807, 2.05) is 11.7 Å². The molecule has 6 heteroatoms. The molecule has 0 atom stereocenters. The number of rotatable bonds is 6. The first-order chi connectivity index (χ1) is 13.1. The van der Waals surface area contributed by atoms with Crippen molar-refractivity contribution in [3.63, 3.8) is 0 Å². The Bertz CT molecular complexity index is 625. The van der Waals surface area contributed by atoms with Crippen LogP contribution in [0.3, 0.4) is 0 Å². The monoisotopic (exact) mass is 375 g/mol. The average molecular weight is 376 g/mol. The molecule has 1 aliphatic carbocycles. The fraction of sp³-hybridized carbons (Fsp3) is 0.810. The molecule has 0 bridgehead atoms. The van der Waals surface area contributed by atoms with Gasteiger partial charge in [0.15, 0.2) is 5.96 Å². The molecule has 0 amide bonds. The maximum atomic E-state index is 6.22. The van der Waals surface area contributed by atoms with Crippen LogP contribution in [0.4, 0.5) is 0 Å². The summed E-state index contributed by atoms with van der Waals surface area (Å²) in [5.74, 6) is 1.84. The minimum atomic E-state index is 0.424. The van der Waals surface area contributed by atoms with Gasteiger partial charge in [0.2, 0.25) is 0 Å². The van der Waals surface area contributed by atoms with Gasteiger partial charge in [0.05, 0.1) is 18.3 Å². The third-order valence-corrected chi connectivity index (χ3v) is 6.16. The van der Waals surface area contributed by atoms with Gasteiger partial charge in [-0.2, -0.15) is 5.10 Å². The van der Waals surface area contributed by atoms with Crippen molar-refractivity contribution in [3.8, 4) is 0 Å². The van der Waals surface area contributed by atoms with E-state index in [9.17, 15) is 0 Å². The van der Waals surface area contributed by atoms with Crippen molar-refractivity contribution in [2.24, 2.45) is 18.0 Å². The molecule has 1 aromatic rings. The van der Waals surface area contributed by atoms with Gasteiger partial charge in [-0.3, -0.25) is 4.68 Å². The summed E-state index contributed by atoms with van der Waals surface area (Å²) in [5, 5.41) is 7.97. The molecule has 0 spiro atoms. The van der Waals surface area contributed by atoms with Crippen LogP contribution >= 0.6 is 0 Å². The van der Waals surface area contributed by atoms with Crippen LogP contribution in [0.25, 0.3) is 0 Å². The molecule has 1 aromatic heterocycles. The SMILES string of the molecule is CCNC(=NCc1c(C)nn(C)c1C)N1CCC(OCC2CCCC2)CC1. The Kier molecular flexibility index (Phi) is 7.16. The fourth-order valence-electron chi connectivity index (χ4n) is 4.31. The number of nitrogens with zero attached hydrogens (tertiary/aromatic N) is 4. The van der Waals surface area contributed by atoms with Crippen molar-refractivity contribution >= 4 is 5.96 Å². The van der Waals surface area contributed by atoms with Gasteiger partial charge in [0.25, 0.3) is 0 Å². The standard InChI is InChI=1S/C21H37N5O/c1-5-22-21(23-14-20-16(2)24-25(4)17(20)3)26-12-10-19(11-13-26)27-15-18-8-6-7-9-18/h18-19H,5-15H2,1-4H3,(H,22,23). The Morgan fingerprint density at radius 2 is 1.89 bits per heavy atom. The minimum absolute atomic E-state index is 0.424. The van der Waals surface area contributed by atoms with Crippen LogP contribution < -0.4 is 5.32 Å². The van der Waals surface area contributed by atoms with Crippen LogP contribution in [-0.4, -0.2) is 53.0 Å². The van der Waals surface area contributed by atoms with E-state index in [0.29, 0.717) is 12.6 Å². The number of guanidine groups is 1. The van der Waals surface area contributed by atoms with Gasteiger partial charge in [-0.25, -0.2) is 4.99 Å². The van der Waals surface area contributed by atoms with E-state index in [2.05, 4.69) is 36.1 Å². The summed E-state index contributed by atoms with van der Waals surface area (Å²) < 4.78 is 8.17. The van der Waals surface area contributed by atoms with Crippen LogP contribution in [0.2, 0.25) is 0 Å². The Morgan fingerprint density at radius 1 is 1.19 bits per heavy atom. The lowest BCUT2D eigenvalue weighted by Crippen LogP contribution is -2.47. The second-order valence-electron chi connectivity index (χ2n) is 8.11. The van der Waals surface area contributed by atoms with E-state index >= 15 is 0 Å². The van der Waals surface area contributed by atoms with Gasteiger partial charge < -0.3 is 15.0 Å². The molecule has 0 radical (unpaired) electrons. The lowest BCUT2D eigenvalue weighted by atomic mass is 10.1. The zero-order valence-corrected chi connectivity index (χ0v) is 17.6. The number of aryl methyl sites for hydroxylation is 2. The molecule has 1 saturated heterocycles. The second kappa shape index (κ2) is 9.58. The smallest absolute Gasteiger partial charge is 0.194 e. The van der Waals surface area contributed by atoms with Gasteiger partial charge in [0.1, 0.15) is 0 Å². The van der Waals surface area contributed by atoms with E-state index in [1.165, 1.54) is 36.9 Å². The Labute approximate surface area is 164 Å². The van der Waals surface area contributed by atoms with E-state index in [1.54, 1.807) is 0 Å². The zero-order chi connectivity index (χ0) is 19.2. The van der Waals surface area contributed by atoms with Crippen LogP contribution in [0.5, 0.6) is 0 Å². The zero-order valence-electron chi connectivity index (χ0n) is 17.6. The van der Waals surface area contributed by atoms with Gasteiger partial charge in [-0.1, -0.05) is 12.8 Å². The fourth-order valence-corrected chi connectivity index (χ4v) is 4.31. The van der Waals surface area contributed by atoms with E-state index in [0.717, 1.165) is 56.7 Å². The number of likely N-dealkylation sites (tertiary alicyclic amines) is 1. The number of hydrogen-bond acceptors (Lipinski definition) is 3. The Balaban J connectivity index is 1.52. The molecule has 2 aliphatic rings. The molecule has 1 saturated carbocycles. The maximum absolute atomic E-state index is 6.22. The van der Waals surface area contributed by atoms with Crippen molar-refractivity contribution < 1.29 is 4.74 Å². The molecule has 0 unspecified atom stereocenters. The molecule has 6 nitrogen and oxygen atoms in total. The highest BCUT2D eigenvalue weighted by molar-refractivity contribution is 5.80. The highest BCUT2D eigenvalue weighted by atomic mass is 16.5. The topological polar surface area (TPSA) is 54.7 Å². The largest absolute Gasteiger partial charge is 0.378 e. The average Bonchev–Trinajstić information content (AvgIpc) is 3.27. The number of piperidine rings is 1. The van der Waals surface area contributed by atoms with Gasteiger partial charge in [-0.05, 0) is 52.4 Å². The molecule has 3 rings (SSSR count). The lowest BCUT2D eigenvalue weighted by Gasteiger charge is -2.34. The van der Waals surface area contributed by atoms with E-state index < -0.39 is 0 Å². The van der Waals surface area contributed by atoms with Crippen LogP contribution in [0, 0.1) is 19.8 Å². The van der Waals surface area contributed by atoms with Crippen molar-refractivity contribution in [1.29, 1.82) is 0 Å². The normalized spacial score (nSPS) is 19.9. The first-order valence-electron chi connectivity index (χ1n) is 10.7. The van der Waals surface area contributed by atoms with Crippen molar-refractivity contribution in [3.05, 3.63) is 17.0 Å². The van der Waals surface area contributed by atoms with E-state index in [4.69, 9.17) is 9.73 Å². The third kappa shape index (κ3) is 5.24. The van der Waals surface area contributed by atoms with Gasteiger partial charge in [0, 0.05) is 44.5 Å². The number of ether oxygens (including phenoxy) is 1. The summed E-state index contributed by atoms with van der Waals surface area (Å²) in [5.41, 5.74) is 3.52. The van der Waals surface area contributed by atoms with Crippen LogP contribution in [-0.2, 0) is 18.3 Å². The van der Waals surface area contributed by atoms with Crippen molar-refractivity contribution in [1.82, 2.24) is 20.0 Å². The highest BCUT2D eigenvalue weighted by Gasteiger charge is 2.24. The molecule has 27 heavy (non-hydrogen) atoms. The number of hydrogen-bond donors (Lipinski definition) is 1. The number of nitrogens with one attached hydrogen (secondary N) is 1. The van der Waals surface area contributed by atoms with Crippen LogP contribution in [0.15, 0.2) is 4.99 Å². The van der Waals surface area contributed by atoms with Crippen molar-refractivity contribution in [2.75, 3.05) is 26.2 Å². The summed E-state index contributed by atoms with van der Waals surface area (Å²) in [4.78, 5) is 7.30. The molecule has 2 fully saturated rings. The summed E-state index contributed by atoms with van der Waals surface area (Å²) in [7, 11) is 2.00. The Hall–Kier alpha value is -1.56. The molecule has 152 valence electrons. The molecular formula is C21H37N5O. The molecule has 0 aromatic carbocycles. The van der Waals surface area contributed by atoms with Gasteiger partial charge in [-0.15, -0.1) is 0 Å². The number of aliphatic imine (C=N–C) groups is 1. The molecule has 1 aliphatic heterocycles. The highest BCUT2D eigenvalue weighted by Crippen LogP contribution is 2.26. The second-order valence-corrected chi connectivity index (χ2v) is 8.11. The predicted octanol–water partition coefficient (Wildman–Crippen LogP) is 3.17. The maximum Gasteiger partial charge on any atom is 0.194 e. The Morgan fingerprint density at radius 3 is 2.48 bits per heavy atom. The van der Waals surface area contributed by atoms with Crippen molar-refractivity contribution in [2.45, 2.75) is 71.9 Å². The molecular weight excluding hydrogens is 338 g/mol. The summed E-state index contributed by atoms with van der Waals surface area (Å²) in [6.07, 6.45) is 8.14. The number of aromatic nitrogens is 2. The molecule has 2 heterocycles. The first kappa shape index (κ1) is 20.2. The summed E-state index contributed by atoms with van der Waals surface area (Å²) in [6.45, 7) is 10.9. The quantitative estimate of drug-likeness (QED) is 0.613. The van der Waals surface area contributed by atoms with Gasteiger partial charge >= 0.3 is 0 Å². The summed E-state index contributed by atoms with van der Waals surface area (Å²) in [6, 6.07) is 0.